The lowest BCUT2D eigenvalue weighted by Crippen LogP contribution is -2.47. The van der Waals surface area contributed by atoms with Crippen molar-refractivity contribution < 1.29 is 9.53 Å². The van der Waals surface area contributed by atoms with E-state index in [9.17, 15) is 4.79 Å². The van der Waals surface area contributed by atoms with Crippen molar-refractivity contribution in [2.24, 2.45) is 0 Å². The maximum atomic E-state index is 11.7. The molecule has 17 heavy (non-hydrogen) atoms. The Kier molecular flexibility index (Phi) is 6.56. The molecule has 1 N–H and O–H groups in total. The van der Waals surface area contributed by atoms with Gasteiger partial charge >= 0.3 is 5.97 Å². The van der Waals surface area contributed by atoms with Gasteiger partial charge in [-0.25, -0.2) is 0 Å². The Morgan fingerprint density at radius 2 is 1.71 bits per heavy atom. The maximum absolute atomic E-state index is 11.7. The van der Waals surface area contributed by atoms with Gasteiger partial charge in [0.05, 0.1) is 13.0 Å². The normalized spacial score (nSPS) is 20.4. The quantitative estimate of drug-likeness (QED) is 0.752. The van der Waals surface area contributed by atoms with Crippen molar-refractivity contribution in [2.75, 3.05) is 13.2 Å². The largest absolute Gasteiger partial charge is 0.466 e. The van der Waals surface area contributed by atoms with E-state index in [0.29, 0.717) is 13.0 Å². The fourth-order valence-electron chi connectivity index (χ4n) is 2.86. The van der Waals surface area contributed by atoms with Gasteiger partial charge in [0.1, 0.15) is 0 Å². The fraction of sp³-hybridized carbons (Fsp3) is 0.929. The molecule has 0 spiro atoms. The van der Waals surface area contributed by atoms with E-state index in [1.54, 1.807) is 0 Å². The minimum atomic E-state index is -0.0472. The van der Waals surface area contributed by atoms with E-state index in [0.717, 1.165) is 19.4 Å². The van der Waals surface area contributed by atoms with Gasteiger partial charge < -0.3 is 10.1 Å². The monoisotopic (exact) mass is 241 g/mol. The molecule has 1 aliphatic carbocycles. The number of rotatable bonds is 5. The molecule has 0 amide bonds. The number of esters is 1. The van der Waals surface area contributed by atoms with Crippen molar-refractivity contribution >= 4 is 5.97 Å². The van der Waals surface area contributed by atoms with Crippen LogP contribution in [0.3, 0.4) is 0 Å². The summed E-state index contributed by atoms with van der Waals surface area (Å²) in [5.41, 5.74) is 0.00141. The van der Waals surface area contributed by atoms with Gasteiger partial charge in [-0.15, -0.1) is 0 Å². The first kappa shape index (κ1) is 14.5. The molecule has 0 heterocycles. The third kappa shape index (κ3) is 5.07. The molecule has 0 unspecified atom stereocenters. The van der Waals surface area contributed by atoms with Crippen LogP contribution in [0.1, 0.15) is 65.2 Å². The highest BCUT2D eigenvalue weighted by atomic mass is 16.5. The highest BCUT2D eigenvalue weighted by molar-refractivity contribution is 5.70. The number of ether oxygens (including phenoxy) is 1. The summed E-state index contributed by atoms with van der Waals surface area (Å²) in [7, 11) is 0. The van der Waals surface area contributed by atoms with Gasteiger partial charge in [-0.2, -0.15) is 0 Å². The summed E-state index contributed by atoms with van der Waals surface area (Å²) < 4.78 is 5.11. The van der Waals surface area contributed by atoms with E-state index >= 15 is 0 Å². The Labute approximate surface area is 105 Å². The zero-order valence-electron chi connectivity index (χ0n) is 11.4. The van der Waals surface area contributed by atoms with Gasteiger partial charge in [0.15, 0.2) is 0 Å². The van der Waals surface area contributed by atoms with E-state index in [1.165, 1.54) is 32.1 Å². The highest BCUT2D eigenvalue weighted by Crippen LogP contribution is 2.29. The lowest BCUT2D eigenvalue weighted by atomic mass is 9.81. The average Bonchev–Trinajstić information content (AvgIpc) is 2.24. The van der Waals surface area contributed by atoms with Crippen molar-refractivity contribution in [1.29, 1.82) is 0 Å². The molecule has 3 nitrogen and oxygen atoms in total. The second-order valence-electron chi connectivity index (χ2n) is 5.06. The zero-order valence-corrected chi connectivity index (χ0v) is 11.4. The molecule has 0 aromatic heterocycles. The summed E-state index contributed by atoms with van der Waals surface area (Å²) in [6, 6.07) is 0. The summed E-state index contributed by atoms with van der Waals surface area (Å²) in [6.45, 7) is 5.40. The predicted molar refractivity (Wildman–Crippen MR) is 70.0 cm³/mol. The number of carbonyl (C=O) groups is 1. The maximum Gasteiger partial charge on any atom is 0.307 e. The van der Waals surface area contributed by atoms with E-state index < -0.39 is 0 Å². The van der Waals surface area contributed by atoms with Crippen LogP contribution in [0.15, 0.2) is 0 Å². The first-order valence-corrected chi connectivity index (χ1v) is 7.13. The SMILES string of the molecule is CCNC1(CC(=O)OCC)CCCCCCC1. The summed E-state index contributed by atoms with van der Waals surface area (Å²) in [4.78, 5) is 11.7. The van der Waals surface area contributed by atoms with Gasteiger partial charge in [0.25, 0.3) is 0 Å². The molecule has 0 radical (unpaired) electrons. The van der Waals surface area contributed by atoms with Gasteiger partial charge in [-0.1, -0.05) is 39.0 Å². The standard InChI is InChI=1S/C14H27NO2/c1-3-15-14(12-13(16)17-4-2)10-8-6-5-7-9-11-14/h15H,3-12H2,1-2H3. The van der Waals surface area contributed by atoms with Gasteiger partial charge in [-0.05, 0) is 26.3 Å². The van der Waals surface area contributed by atoms with Crippen LogP contribution in [-0.4, -0.2) is 24.7 Å². The third-order valence-corrected chi connectivity index (χ3v) is 3.65. The number of carbonyl (C=O) groups excluding carboxylic acids is 1. The fourth-order valence-corrected chi connectivity index (χ4v) is 2.86. The molecule has 0 aromatic rings. The summed E-state index contributed by atoms with van der Waals surface area (Å²) in [6.07, 6.45) is 9.17. The molecule has 1 saturated carbocycles. The number of hydrogen-bond acceptors (Lipinski definition) is 3. The molecule has 0 bridgehead atoms. The Hall–Kier alpha value is -0.570. The average molecular weight is 241 g/mol. The van der Waals surface area contributed by atoms with E-state index in [2.05, 4.69) is 12.2 Å². The van der Waals surface area contributed by atoms with Crippen LogP contribution >= 0.6 is 0 Å². The van der Waals surface area contributed by atoms with Crippen LogP contribution in [0.2, 0.25) is 0 Å². The van der Waals surface area contributed by atoms with Crippen molar-refractivity contribution in [2.45, 2.75) is 70.8 Å². The Balaban J connectivity index is 2.60. The number of nitrogens with one attached hydrogen (secondary N) is 1. The van der Waals surface area contributed by atoms with Crippen molar-refractivity contribution in [3.8, 4) is 0 Å². The van der Waals surface area contributed by atoms with E-state index in [4.69, 9.17) is 4.74 Å². The summed E-state index contributed by atoms with van der Waals surface area (Å²) >= 11 is 0. The first-order valence-electron chi connectivity index (χ1n) is 7.13. The molecule has 0 atom stereocenters. The molecule has 3 heteroatoms. The lowest BCUT2D eigenvalue weighted by Gasteiger charge is -2.35. The van der Waals surface area contributed by atoms with Crippen LogP contribution in [0.4, 0.5) is 0 Å². The second-order valence-corrected chi connectivity index (χ2v) is 5.06. The van der Waals surface area contributed by atoms with Gasteiger partial charge in [-0.3, -0.25) is 4.79 Å². The van der Waals surface area contributed by atoms with Crippen LogP contribution in [0, 0.1) is 0 Å². The Morgan fingerprint density at radius 1 is 1.12 bits per heavy atom. The summed E-state index contributed by atoms with van der Waals surface area (Å²) in [5, 5.41) is 3.55. The second kappa shape index (κ2) is 7.70. The zero-order chi connectivity index (χ0) is 12.6. The Morgan fingerprint density at radius 3 is 2.24 bits per heavy atom. The van der Waals surface area contributed by atoms with Gasteiger partial charge in [0, 0.05) is 5.54 Å². The van der Waals surface area contributed by atoms with Crippen molar-refractivity contribution in [3.63, 3.8) is 0 Å². The topological polar surface area (TPSA) is 38.3 Å². The smallest absolute Gasteiger partial charge is 0.307 e. The van der Waals surface area contributed by atoms with Crippen molar-refractivity contribution in [1.82, 2.24) is 5.32 Å². The predicted octanol–water partition coefficient (Wildman–Crippen LogP) is 3.03. The first-order chi connectivity index (χ1) is 8.22. The third-order valence-electron chi connectivity index (χ3n) is 3.65. The molecular weight excluding hydrogens is 214 g/mol. The molecule has 0 aliphatic heterocycles. The van der Waals surface area contributed by atoms with Crippen LogP contribution in [0.5, 0.6) is 0 Å². The minimum absolute atomic E-state index is 0.00141. The van der Waals surface area contributed by atoms with E-state index in [1.807, 2.05) is 6.92 Å². The molecule has 0 aromatic carbocycles. The Bertz CT molecular complexity index is 220. The van der Waals surface area contributed by atoms with Gasteiger partial charge in [0.2, 0.25) is 0 Å². The molecule has 1 aliphatic rings. The summed E-state index contributed by atoms with van der Waals surface area (Å²) in [5.74, 6) is -0.0472. The lowest BCUT2D eigenvalue weighted by molar-refractivity contribution is -0.145. The van der Waals surface area contributed by atoms with Crippen molar-refractivity contribution in [3.05, 3.63) is 0 Å². The molecule has 1 fully saturated rings. The molecule has 0 saturated heterocycles. The van der Waals surface area contributed by atoms with E-state index in [-0.39, 0.29) is 11.5 Å². The van der Waals surface area contributed by atoms with Crippen LogP contribution in [-0.2, 0) is 9.53 Å². The van der Waals surface area contributed by atoms with Crippen LogP contribution < -0.4 is 5.32 Å². The highest BCUT2D eigenvalue weighted by Gasteiger charge is 2.32. The van der Waals surface area contributed by atoms with Crippen LogP contribution in [0.25, 0.3) is 0 Å². The minimum Gasteiger partial charge on any atom is -0.466 e. The molecular formula is C14H27NO2. The molecule has 1 rings (SSSR count). The molecule has 100 valence electrons. The number of hydrogen-bond donors (Lipinski definition) is 1.